The van der Waals surface area contributed by atoms with Crippen molar-refractivity contribution in [1.82, 2.24) is 20.1 Å². The fraction of sp³-hybridized carbons (Fsp3) is 0.429. The minimum atomic E-state index is -0.802. The van der Waals surface area contributed by atoms with Gasteiger partial charge in [0.2, 0.25) is 11.8 Å². The Morgan fingerprint density at radius 1 is 1.23 bits per heavy atom. The summed E-state index contributed by atoms with van der Waals surface area (Å²) in [4.78, 5) is 50.7. The van der Waals surface area contributed by atoms with E-state index < -0.39 is 23.9 Å². The predicted molar refractivity (Wildman–Crippen MR) is 110 cm³/mol. The van der Waals surface area contributed by atoms with Gasteiger partial charge >= 0.3 is 0 Å². The lowest BCUT2D eigenvalue weighted by Gasteiger charge is -2.34. The molecule has 1 aromatic carbocycles. The van der Waals surface area contributed by atoms with Crippen LogP contribution in [0.25, 0.3) is 10.9 Å². The van der Waals surface area contributed by atoms with Crippen molar-refractivity contribution in [3.63, 3.8) is 0 Å². The highest BCUT2D eigenvalue weighted by Crippen LogP contribution is 2.28. The number of fused-ring (bicyclic) bond motifs is 2. The van der Waals surface area contributed by atoms with Gasteiger partial charge in [-0.25, -0.2) is 0 Å². The number of nitrogens with zero attached hydrogens (tertiary/aromatic N) is 2. The molecule has 3 amide bonds. The van der Waals surface area contributed by atoms with E-state index in [1.54, 1.807) is 40.8 Å². The van der Waals surface area contributed by atoms with Gasteiger partial charge in [0.25, 0.3) is 5.91 Å². The van der Waals surface area contributed by atoms with E-state index in [2.05, 4.69) is 10.6 Å². The molecule has 3 atom stereocenters. The van der Waals surface area contributed by atoms with Crippen LogP contribution in [-0.2, 0) is 16.6 Å². The summed E-state index contributed by atoms with van der Waals surface area (Å²) in [7, 11) is 1.76. The van der Waals surface area contributed by atoms with E-state index in [0.717, 1.165) is 30.0 Å². The molecule has 0 bridgehead atoms. The normalized spacial score (nSPS) is 24.2. The Kier molecular flexibility index (Phi) is 5.29. The molecule has 2 aromatic rings. The van der Waals surface area contributed by atoms with Gasteiger partial charge in [-0.1, -0.05) is 0 Å². The molecule has 4 N–H and O–H groups in total. The third-order valence-corrected chi connectivity index (χ3v) is 6.13. The summed E-state index contributed by atoms with van der Waals surface area (Å²) in [5.41, 5.74) is 7.23. The van der Waals surface area contributed by atoms with Gasteiger partial charge in [0.1, 0.15) is 24.1 Å². The lowest BCUT2D eigenvalue weighted by atomic mass is 10.1. The van der Waals surface area contributed by atoms with Crippen LogP contribution in [0.4, 0.5) is 0 Å². The average Bonchev–Trinajstić information content (AvgIpc) is 3.29. The lowest BCUT2D eigenvalue weighted by Crippen LogP contribution is -2.59. The zero-order valence-corrected chi connectivity index (χ0v) is 16.8. The largest absolute Gasteiger partial charge is 0.368 e. The maximum absolute atomic E-state index is 13.2. The number of hydrogen-bond acceptors (Lipinski definition) is 5. The number of aromatic nitrogens is 1. The topological polar surface area (TPSA) is 127 Å². The van der Waals surface area contributed by atoms with Crippen molar-refractivity contribution < 1.29 is 19.2 Å². The van der Waals surface area contributed by atoms with Crippen LogP contribution in [0.15, 0.2) is 24.3 Å². The number of nitrogens with one attached hydrogen (secondary N) is 2. The zero-order valence-electron chi connectivity index (χ0n) is 16.8. The van der Waals surface area contributed by atoms with Crippen molar-refractivity contribution in [1.29, 1.82) is 0 Å². The second kappa shape index (κ2) is 7.91. The van der Waals surface area contributed by atoms with Gasteiger partial charge in [-0.05, 0) is 50.1 Å². The molecule has 30 heavy (non-hydrogen) atoms. The highest BCUT2D eigenvalue weighted by molar-refractivity contribution is 6.02. The number of aryl methyl sites for hydroxylation is 1. The quantitative estimate of drug-likeness (QED) is 0.607. The molecule has 2 saturated heterocycles. The van der Waals surface area contributed by atoms with Gasteiger partial charge < -0.3 is 25.8 Å². The number of amides is 3. The SMILES string of the molecule is Cn1c(C(=O)NC2CNCC[C@H]3CCC(C(N)=O)N3C2=O)cc2cc(C=O)ccc21. The fourth-order valence-electron chi connectivity index (χ4n) is 4.57. The first-order valence-electron chi connectivity index (χ1n) is 10.1. The van der Waals surface area contributed by atoms with Crippen molar-refractivity contribution in [2.75, 3.05) is 13.1 Å². The van der Waals surface area contributed by atoms with E-state index in [9.17, 15) is 19.2 Å². The van der Waals surface area contributed by atoms with Gasteiger partial charge in [0.15, 0.2) is 0 Å². The Morgan fingerprint density at radius 3 is 2.77 bits per heavy atom. The molecule has 0 saturated carbocycles. The molecule has 0 spiro atoms. The number of benzene rings is 1. The molecular weight excluding hydrogens is 386 g/mol. The minimum absolute atomic E-state index is 0.0541. The summed E-state index contributed by atoms with van der Waals surface area (Å²) in [6.07, 6.45) is 2.78. The first-order valence-corrected chi connectivity index (χ1v) is 10.1. The van der Waals surface area contributed by atoms with E-state index >= 15 is 0 Å². The van der Waals surface area contributed by atoms with Crippen LogP contribution in [0, 0.1) is 0 Å². The molecule has 0 aliphatic carbocycles. The molecule has 9 nitrogen and oxygen atoms in total. The fourth-order valence-corrected chi connectivity index (χ4v) is 4.57. The van der Waals surface area contributed by atoms with Crippen molar-refractivity contribution in [2.24, 2.45) is 12.8 Å². The number of hydrogen-bond donors (Lipinski definition) is 3. The van der Waals surface area contributed by atoms with Gasteiger partial charge in [0, 0.05) is 36.1 Å². The highest BCUT2D eigenvalue weighted by Gasteiger charge is 2.43. The molecular formula is C21H25N5O4. The summed E-state index contributed by atoms with van der Waals surface area (Å²) >= 11 is 0. The smallest absolute Gasteiger partial charge is 0.268 e. The predicted octanol–water partition coefficient (Wildman–Crippen LogP) is -0.0726. The Bertz CT molecular complexity index is 1030. The van der Waals surface area contributed by atoms with Crippen LogP contribution >= 0.6 is 0 Å². The van der Waals surface area contributed by atoms with Crippen molar-refractivity contribution in [3.05, 3.63) is 35.5 Å². The Morgan fingerprint density at radius 2 is 2.03 bits per heavy atom. The molecule has 2 unspecified atom stereocenters. The molecule has 3 heterocycles. The van der Waals surface area contributed by atoms with Crippen molar-refractivity contribution >= 4 is 34.9 Å². The molecule has 2 fully saturated rings. The van der Waals surface area contributed by atoms with E-state index in [0.29, 0.717) is 24.2 Å². The van der Waals surface area contributed by atoms with Crippen LogP contribution in [0.1, 0.15) is 40.1 Å². The van der Waals surface area contributed by atoms with E-state index in [1.807, 2.05) is 0 Å². The molecule has 2 aliphatic heterocycles. The number of rotatable bonds is 4. The van der Waals surface area contributed by atoms with Crippen molar-refractivity contribution in [3.8, 4) is 0 Å². The van der Waals surface area contributed by atoms with Crippen LogP contribution in [0.5, 0.6) is 0 Å². The number of primary amides is 1. The van der Waals surface area contributed by atoms with Crippen LogP contribution in [0.2, 0.25) is 0 Å². The molecule has 4 rings (SSSR count). The summed E-state index contributed by atoms with van der Waals surface area (Å²) < 4.78 is 1.73. The van der Waals surface area contributed by atoms with Gasteiger partial charge in [0.05, 0.1) is 0 Å². The summed E-state index contributed by atoms with van der Waals surface area (Å²) in [5.74, 6) is -1.19. The van der Waals surface area contributed by atoms with Crippen LogP contribution in [-0.4, -0.2) is 64.7 Å². The molecule has 9 heteroatoms. The van der Waals surface area contributed by atoms with Crippen LogP contribution < -0.4 is 16.4 Å². The van der Waals surface area contributed by atoms with E-state index in [-0.39, 0.29) is 18.5 Å². The monoisotopic (exact) mass is 411 g/mol. The third kappa shape index (κ3) is 3.45. The standard InChI is InChI=1S/C21H25N5O4/c1-25-16-4-2-12(11-27)8-13(16)9-18(25)20(29)24-15-10-23-7-6-14-3-5-17(19(22)28)26(14)21(15)30/h2,4,8-9,11,14-15,17,23H,3,5-7,10H2,1H3,(H2,22,28)(H,24,29)/t14-,15?,17?/m1/s1. The molecule has 0 radical (unpaired) electrons. The molecule has 2 aliphatic rings. The summed E-state index contributed by atoms with van der Waals surface area (Å²) in [5, 5.41) is 6.80. The molecule has 1 aromatic heterocycles. The number of aldehydes is 1. The second-order valence-electron chi connectivity index (χ2n) is 7.94. The van der Waals surface area contributed by atoms with Crippen LogP contribution in [0.3, 0.4) is 0 Å². The summed E-state index contributed by atoms with van der Waals surface area (Å²) in [6.45, 7) is 0.966. The van der Waals surface area contributed by atoms with Gasteiger partial charge in [-0.2, -0.15) is 0 Å². The maximum Gasteiger partial charge on any atom is 0.268 e. The number of nitrogens with two attached hydrogens (primary N) is 1. The average molecular weight is 411 g/mol. The minimum Gasteiger partial charge on any atom is -0.368 e. The third-order valence-electron chi connectivity index (χ3n) is 6.13. The highest BCUT2D eigenvalue weighted by atomic mass is 16.2. The number of carbonyl (C=O) groups is 4. The first-order chi connectivity index (χ1) is 14.4. The Balaban J connectivity index is 1.59. The zero-order chi connectivity index (χ0) is 21.4. The number of carbonyl (C=O) groups excluding carboxylic acids is 4. The molecule has 158 valence electrons. The Labute approximate surface area is 173 Å². The van der Waals surface area contributed by atoms with Gasteiger partial charge in [-0.3, -0.25) is 19.2 Å². The van der Waals surface area contributed by atoms with E-state index in [1.165, 1.54) is 0 Å². The van der Waals surface area contributed by atoms with Crippen molar-refractivity contribution in [2.45, 2.75) is 37.4 Å². The maximum atomic E-state index is 13.2. The van der Waals surface area contributed by atoms with Gasteiger partial charge in [-0.15, -0.1) is 0 Å². The second-order valence-corrected chi connectivity index (χ2v) is 7.94. The first kappa shape index (κ1) is 20.1. The Hall–Kier alpha value is -3.20. The lowest BCUT2D eigenvalue weighted by molar-refractivity contribution is -0.141. The summed E-state index contributed by atoms with van der Waals surface area (Å²) in [6, 6.07) is 5.41. The van der Waals surface area contributed by atoms with E-state index in [4.69, 9.17) is 5.73 Å².